The number of hydrogen-bond acceptors (Lipinski definition) is 3. The van der Waals surface area contributed by atoms with Crippen molar-refractivity contribution in [1.82, 2.24) is 0 Å². The maximum Gasteiger partial charge on any atom is 0.178 e. The third-order valence-electron chi connectivity index (χ3n) is 3.71. The number of Topliss-reactive ketones (excluding diaryl/α,β-unsaturated/α-hetero) is 1. The summed E-state index contributed by atoms with van der Waals surface area (Å²) in [6, 6.07) is 7.79. The molecule has 1 heterocycles. The SMILES string of the molecule is O=C(C1CCCC1)C1CNc2ccccc2O1. The lowest BCUT2D eigenvalue weighted by atomic mass is 9.97. The molecule has 3 heteroatoms. The van der Waals surface area contributed by atoms with Crippen LogP contribution in [0.4, 0.5) is 5.69 Å². The molecule has 0 bridgehead atoms. The Kier molecular flexibility index (Phi) is 2.75. The zero-order valence-electron chi connectivity index (χ0n) is 9.82. The van der Waals surface area contributed by atoms with E-state index in [1.807, 2.05) is 24.3 Å². The number of para-hydroxylation sites is 2. The normalized spacial score (nSPS) is 23.6. The lowest BCUT2D eigenvalue weighted by Gasteiger charge is -2.27. The van der Waals surface area contributed by atoms with Gasteiger partial charge in [-0.2, -0.15) is 0 Å². The molecular weight excluding hydrogens is 214 g/mol. The molecule has 1 fully saturated rings. The van der Waals surface area contributed by atoms with Gasteiger partial charge in [-0.05, 0) is 25.0 Å². The summed E-state index contributed by atoms with van der Waals surface area (Å²) >= 11 is 0. The molecule has 1 aromatic rings. The summed E-state index contributed by atoms with van der Waals surface area (Å²) in [5.74, 6) is 1.31. The molecule has 3 rings (SSSR count). The Labute approximate surface area is 101 Å². The minimum atomic E-state index is -0.298. The summed E-state index contributed by atoms with van der Waals surface area (Å²) in [7, 11) is 0. The molecule has 1 N–H and O–H groups in total. The summed E-state index contributed by atoms with van der Waals surface area (Å²) in [6.07, 6.45) is 4.16. The van der Waals surface area contributed by atoms with Crippen molar-refractivity contribution < 1.29 is 9.53 Å². The van der Waals surface area contributed by atoms with Crippen LogP contribution in [0, 0.1) is 5.92 Å². The first kappa shape index (κ1) is 10.6. The Bertz CT molecular complexity index is 424. The number of hydrogen-bond donors (Lipinski definition) is 1. The largest absolute Gasteiger partial charge is 0.479 e. The highest BCUT2D eigenvalue weighted by molar-refractivity contribution is 5.87. The quantitative estimate of drug-likeness (QED) is 0.850. The van der Waals surface area contributed by atoms with Crippen molar-refractivity contribution in [2.75, 3.05) is 11.9 Å². The van der Waals surface area contributed by atoms with Crippen LogP contribution in [-0.4, -0.2) is 18.4 Å². The molecule has 90 valence electrons. The molecule has 0 saturated heterocycles. The van der Waals surface area contributed by atoms with Crippen LogP contribution in [0.25, 0.3) is 0 Å². The molecule has 1 unspecified atom stereocenters. The molecule has 17 heavy (non-hydrogen) atoms. The number of carbonyl (C=O) groups is 1. The molecule has 0 spiro atoms. The molecule has 1 atom stereocenters. The second kappa shape index (κ2) is 4.40. The highest BCUT2D eigenvalue weighted by atomic mass is 16.5. The van der Waals surface area contributed by atoms with Crippen molar-refractivity contribution >= 4 is 11.5 Å². The van der Waals surface area contributed by atoms with E-state index < -0.39 is 0 Å². The summed E-state index contributed by atoms with van der Waals surface area (Å²) in [4.78, 5) is 12.2. The number of rotatable bonds is 2. The first-order chi connectivity index (χ1) is 8.34. The second-order valence-electron chi connectivity index (χ2n) is 4.87. The predicted molar refractivity (Wildman–Crippen MR) is 66.3 cm³/mol. The average Bonchev–Trinajstić information content (AvgIpc) is 2.91. The molecule has 1 aromatic carbocycles. The van der Waals surface area contributed by atoms with Crippen LogP contribution in [0.5, 0.6) is 5.75 Å². The maximum atomic E-state index is 12.2. The van der Waals surface area contributed by atoms with Crippen LogP contribution < -0.4 is 10.1 Å². The van der Waals surface area contributed by atoms with Gasteiger partial charge in [0, 0.05) is 5.92 Å². The van der Waals surface area contributed by atoms with E-state index in [-0.39, 0.29) is 17.8 Å². The number of fused-ring (bicyclic) bond motifs is 1. The van der Waals surface area contributed by atoms with Crippen molar-refractivity contribution in [2.45, 2.75) is 31.8 Å². The number of anilines is 1. The van der Waals surface area contributed by atoms with E-state index >= 15 is 0 Å². The number of carbonyl (C=O) groups excluding carboxylic acids is 1. The number of nitrogens with one attached hydrogen (secondary N) is 1. The smallest absolute Gasteiger partial charge is 0.178 e. The van der Waals surface area contributed by atoms with Gasteiger partial charge < -0.3 is 10.1 Å². The van der Waals surface area contributed by atoms with Crippen LogP contribution in [0.15, 0.2) is 24.3 Å². The standard InChI is InChI=1S/C14H17NO2/c16-14(10-5-1-2-6-10)13-9-15-11-7-3-4-8-12(11)17-13/h3-4,7-8,10,13,15H,1-2,5-6,9H2. The van der Waals surface area contributed by atoms with Gasteiger partial charge in [0.2, 0.25) is 0 Å². The van der Waals surface area contributed by atoms with Crippen LogP contribution in [0.1, 0.15) is 25.7 Å². The minimum absolute atomic E-state index is 0.229. The Morgan fingerprint density at radius 1 is 1.24 bits per heavy atom. The van der Waals surface area contributed by atoms with Crippen LogP contribution in [0.3, 0.4) is 0 Å². The van der Waals surface area contributed by atoms with Gasteiger partial charge in [-0.1, -0.05) is 25.0 Å². The monoisotopic (exact) mass is 231 g/mol. The third-order valence-corrected chi connectivity index (χ3v) is 3.71. The van der Waals surface area contributed by atoms with E-state index in [1.54, 1.807) is 0 Å². The molecule has 1 saturated carbocycles. The predicted octanol–water partition coefficient (Wildman–Crippen LogP) is 2.62. The zero-order valence-corrected chi connectivity index (χ0v) is 9.82. The van der Waals surface area contributed by atoms with Gasteiger partial charge in [-0.15, -0.1) is 0 Å². The van der Waals surface area contributed by atoms with Gasteiger partial charge in [0.1, 0.15) is 5.75 Å². The molecule has 0 amide bonds. The molecule has 1 aliphatic carbocycles. The van der Waals surface area contributed by atoms with E-state index in [9.17, 15) is 4.79 Å². The third kappa shape index (κ3) is 2.02. The van der Waals surface area contributed by atoms with E-state index in [0.29, 0.717) is 6.54 Å². The van der Waals surface area contributed by atoms with Crippen molar-refractivity contribution in [3.63, 3.8) is 0 Å². The molecular formula is C14H17NO2. The molecule has 3 nitrogen and oxygen atoms in total. The van der Waals surface area contributed by atoms with Gasteiger partial charge in [-0.3, -0.25) is 4.79 Å². The van der Waals surface area contributed by atoms with Crippen LogP contribution in [-0.2, 0) is 4.79 Å². The van der Waals surface area contributed by atoms with Crippen molar-refractivity contribution in [2.24, 2.45) is 5.92 Å². The van der Waals surface area contributed by atoms with Gasteiger partial charge in [0.25, 0.3) is 0 Å². The molecule has 1 aliphatic heterocycles. The lowest BCUT2D eigenvalue weighted by Crippen LogP contribution is -2.40. The Morgan fingerprint density at radius 2 is 2.00 bits per heavy atom. The molecule has 0 aromatic heterocycles. The highest BCUT2D eigenvalue weighted by Crippen LogP contribution is 2.32. The average molecular weight is 231 g/mol. The summed E-state index contributed by atoms with van der Waals surface area (Å²) in [5.41, 5.74) is 0.989. The van der Waals surface area contributed by atoms with Gasteiger partial charge in [0.15, 0.2) is 11.9 Å². The Morgan fingerprint density at radius 3 is 2.82 bits per heavy atom. The van der Waals surface area contributed by atoms with Gasteiger partial charge >= 0.3 is 0 Å². The van der Waals surface area contributed by atoms with Gasteiger partial charge in [-0.25, -0.2) is 0 Å². The lowest BCUT2D eigenvalue weighted by molar-refractivity contribution is -0.129. The Balaban J connectivity index is 1.73. The minimum Gasteiger partial charge on any atom is -0.479 e. The maximum absolute atomic E-state index is 12.2. The van der Waals surface area contributed by atoms with E-state index in [4.69, 9.17) is 4.74 Å². The topological polar surface area (TPSA) is 38.3 Å². The van der Waals surface area contributed by atoms with Crippen LogP contribution in [0.2, 0.25) is 0 Å². The zero-order chi connectivity index (χ0) is 11.7. The van der Waals surface area contributed by atoms with E-state index in [1.165, 1.54) is 12.8 Å². The first-order valence-electron chi connectivity index (χ1n) is 6.38. The Hall–Kier alpha value is -1.51. The fourth-order valence-electron chi connectivity index (χ4n) is 2.74. The summed E-state index contributed by atoms with van der Waals surface area (Å²) < 4.78 is 5.79. The molecule has 2 aliphatic rings. The first-order valence-corrected chi connectivity index (χ1v) is 6.38. The second-order valence-corrected chi connectivity index (χ2v) is 4.87. The van der Waals surface area contributed by atoms with Crippen molar-refractivity contribution in [3.8, 4) is 5.75 Å². The fraction of sp³-hybridized carbons (Fsp3) is 0.500. The number of ketones is 1. The number of ether oxygens (including phenoxy) is 1. The summed E-state index contributed by atoms with van der Waals surface area (Å²) in [5, 5.41) is 3.27. The summed E-state index contributed by atoms with van der Waals surface area (Å²) in [6.45, 7) is 0.604. The highest BCUT2D eigenvalue weighted by Gasteiger charge is 2.32. The van der Waals surface area contributed by atoms with Gasteiger partial charge in [0.05, 0.1) is 12.2 Å². The number of benzene rings is 1. The van der Waals surface area contributed by atoms with Crippen molar-refractivity contribution in [1.29, 1.82) is 0 Å². The van der Waals surface area contributed by atoms with E-state index in [0.717, 1.165) is 24.3 Å². The van der Waals surface area contributed by atoms with Crippen LogP contribution >= 0.6 is 0 Å². The molecule has 0 radical (unpaired) electrons. The van der Waals surface area contributed by atoms with E-state index in [2.05, 4.69) is 5.32 Å². The fourth-order valence-corrected chi connectivity index (χ4v) is 2.74. The van der Waals surface area contributed by atoms with Crippen molar-refractivity contribution in [3.05, 3.63) is 24.3 Å².